The van der Waals surface area contributed by atoms with E-state index in [1.165, 1.54) is 0 Å². The van der Waals surface area contributed by atoms with Gasteiger partial charge in [0, 0.05) is 12.6 Å². The highest BCUT2D eigenvalue weighted by molar-refractivity contribution is 5.42. The minimum atomic E-state index is -1.04. The zero-order valence-electron chi connectivity index (χ0n) is 10.3. The molecule has 1 aromatic carbocycles. The van der Waals surface area contributed by atoms with Crippen molar-refractivity contribution in [2.24, 2.45) is 0 Å². The predicted octanol–water partition coefficient (Wildman–Crippen LogP) is 2.41. The molecule has 1 aliphatic rings. The van der Waals surface area contributed by atoms with Crippen molar-refractivity contribution in [1.29, 1.82) is 0 Å². The Kier molecular flexibility index (Phi) is 2.56. The van der Waals surface area contributed by atoms with Crippen molar-refractivity contribution in [3.05, 3.63) is 59.4 Å². The summed E-state index contributed by atoms with van der Waals surface area (Å²) in [6, 6.07) is 11.6. The Labute approximate surface area is 106 Å². The van der Waals surface area contributed by atoms with Crippen LogP contribution in [0.3, 0.4) is 0 Å². The lowest BCUT2D eigenvalue weighted by Gasteiger charge is -2.33. The van der Waals surface area contributed by atoms with Crippen LogP contribution in [0.2, 0.25) is 0 Å². The van der Waals surface area contributed by atoms with Crippen LogP contribution in [0.5, 0.6) is 5.75 Å². The molecule has 0 amide bonds. The maximum Gasteiger partial charge on any atom is 0.144 e. The molecule has 0 aliphatic carbocycles. The fourth-order valence-electron chi connectivity index (χ4n) is 2.43. The standard InChI is InChI=1S/C15H15NO2/c1-11-4-2-5-12(10-11)15(17)7-9-18-13-6-3-8-16-14(13)15/h2-6,8,10,17H,7,9H2,1H3. The van der Waals surface area contributed by atoms with Gasteiger partial charge in [-0.3, -0.25) is 4.98 Å². The Bertz CT molecular complexity index is 582. The third kappa shape index (κ3) is 1.68. The van der Waals surface area contributed by atoms with E-state index in [-0.39, 0.29) is 0 Å². The van der Waals surface area contributed by atoms with Gasteiger partial charge in [0.2, 0.25) is 0 Å². The molecule has 3 nitrogen and oxygen atoms in total. The van der Waals surface area contributed by atoms with Crippen molar-refractivity contribution < 1.29 is 9.84 Å². The minimum absolute atomic E-state index is 0.503. The molecule has 1 aliphatic heterocycles. The van der Waals surface area contributed by atoms with Gasteiger partial charge in [-0.1, -0.05) is 29.8 Å². The molecule has 2 heterocycles. The molecule has 0 saturated heterocycles. The van der Waals surface area contributed by atoms with E-state index in [0.29, 0.717) is 24.5 Å². The summed E-state index contributed by atoms with van der Waals surface area (Å²) < 4.78 is 5.55. The van der Waals surface area contributed by atoms with Gasteiger partial charge in [-0.2, -0.15) is 0 Å². The molecule has 18 heavy (non-hydrogen) atoms. The van der Waals surface area contributed by atoms with Crippen LogP contribution in [-0.2, 0) is 5.60 Å². The number of benzene rings is 1. The second kappa shape index (κ2) is 4.10. The van der Waals surface area contributed by atoms with E-state index in [0.717, 1.165) is 11.1 Å². The first-order valence-electron chi connectivity index (χ1n) is 6.08. The smallest absolute Gasteiger partial charge is 0.144 e. The van der Waals surface area contributed by atoms with Crippen LogP contribution in [0.4, 0.5) is 0 Å². The molecule has 2 aromatic rings. The van der Waals surface area contributed by atoms with Crippen molar-refractivity contribution in [2.75, 3.05) is 6.61 Å². The number of hydrogen-bond donors (Lipinski definition) is 1. The van der Waals surface area contributed by atoms with Crippen molar-refractivity contribution in [1.82, 2.24) is 4.98 Å². The first-order valence-corrected chi connectivity index (χ1v) is 6.08. The Morgan fingerprint density at radius 3 is 3.00 bits per heavy atom. The molecule has 1 aromatic heterocycles. The maximum absolute atomic E-state index is 11.0. The summed E-state index contributed by atoms with van der Waals surface area (Å²) in [4.78, 5) is 4.30. The molecular formula is C15H15NO2. The molecule has 0 bridgehead atoms. The topological polar surface area (TPSA) is 42.4 Å². The molecule has 1 unspecified atom stereocenters. The highest BCUT2D eigenvalue weighted by Gasteiger charge is 2.38. The summed E-state index contributed by atoms with van der Waals surface area (Å²) in [5, 5.41) is 11.0. The second-order valence-corrected chi connectivity index (χ2v) is 4.68. The number of aromatic nitrogens is 1. The number of ether oxygens (including phenoxy) is 1. The summed E-state index contributed by atoms with van der Waals surface area (Å²) in [7, 11) is 0. The maximum atomic E-state index is 11.0. The first-order chi connectivity index (χ1) is 8.70. The Balaban J connectivity index is 2.16. The van der Waals surface area contributed by atoms with Gasteiger partial charge in [0.1, 0.15) is 17.0 Å². The summed E-state index contributed by atoms with van der Waals surface area (Å²) >= 11 is 0. The zero-order valence-corrected chi connectivity index (χ0v) is 10.3. The Hall–Kier alpha value is -1.87. The minimum Gasteiger partial charge on any atom is -0.491 e. The SMILES string of the molecule is Cc1cccc(C2(O)CCOc3cccnc32)c1. The van der Waals surface area contributed by atoms with Gasteiger partial charge in [-0.15, -0.1) is 0 Å². The lowest BCUT2D eigenvalue weighted by molar-refractivity contribution is 0.0300. The van der Waals surface area contributed by atoms with E-state index in [4.69, 9.17) is 4.74 Å². The molecule has 92 valence electrons. The van der Waals surface area contributed by atoms with E-state index in [1.54, 1.807) is 6.20 Å². The van der Waals surface area contributed by atoms with E-state index in [9.17, 15) is 5.11 Å². The van der Waals surface area contributed by atoms with Crippen LogP contribution in [0.15, 0.2) is 42.6 Å². The van der Waals surface area contributed by atoms with Crippen LogP contribution in [0, 0.1) is 6.92 Å². The number of aliphatic hydroxyl groups is 1. The zero-order chi connectivity index (χ0) is 12.6. The van der Waals surface area contributed by atoms with E-state index < -0.39 is 5.60 Å². The quantitative estimate of drug-likeness (QED) is 0.833. The molecule has 3 heteroatoms. The number of nitrogens with zero attached hydrogens (tertiary/aromatic N) is 1. The molecule has 1 atom stereocenters. The molecule has 0 saturated carbocycles. The first kappa shape index (κ1) is 11.2. The molecule has 1 N–H and O–H groups in total. The molecular weight excluding hydrogens is 226 g/mol. The number of fused-ring (bicyclic) bond motifs is 1. The molecule has 0 radical (unpaired) electrons. The van der Waals surface area contributed by atoms with Crippen molar-refractivity contribution >= 4 is 0 Å². The Morgan fingerprint density at radius 2 is 2.17 bits per heavy atom. The van der Waals surface area contributed by atoms with Crippen molar-refractivity contribution in [3.63, 3.8) is 0 Å². The normalized spacial score (nSPS) is 22.1. The summed E-state index contributed by atoms with van der Waals surface area (Å²) in [6.45, 7) is 2.52. The number of hydrogen-bond acceptors (Lipinski definition) is 3. The van der Waals surface area contributed by atoms with E-state index in [1.807, 2.05) is 43.3 Å². The predicted molar refractivity (Wildman–Crippen MR) is 68.5 cm³/mol. The van der Waals surface area contributed by atoms with Crippen LogP contribution < -0.4 is 4.74 Å². The van der Waals surface area contributed by atoms with Crippen LogP contribution in [0.1, 0.15) is 23.2 Å². The molecule has 3 rings (SSSR count). The summed E-state index contributed by atoms with van der Waals surface area (Å²) in [6.07, 6.45) is 2.22. The van der Waals surface area contributed by atoms with Crippen LogP contribution >= 0.6 is 0 Å². The summed E-state index contributed by atoms with van der Waals surface area (Å²) in [5.41, 5.74) is 1.58. The molecule has 0 fully saturated rings. The van der Waals surface area contributed by atoms with Crippen molar-refractivity contribution in [2.45, 2.75) is 18.9 Å². The van der Waals surface area contributed by atoms with Gasteiger partial charge in [-0.05, 0) is 24.6 Å². The summed E-state index contributed by atoms with van der Waals surface area (Å²) in [5.74, 6) is 0.674. The van der Waals surface area contributed by atoms with Crippen molar-refractivity contribution in [3.8, 4) is 5.75 Å². The lowest BCUT2D eigenvalue weighted by Crippen LogP contribution is -2.34. The third-order valence-electron chi connectivity index (χ3n) is 3.38. The average molecular weight is 241 g/mol. The van der Waals surface area contributed by atoms with Gasteiger partial charge < -0.3 is 9.84 Å². The average Bonchev–Trinajstić information content (AvgIpc) is 2.39. The van der Waals surface area contributed by atoms with Crippen LogP contribution in [-0.4, -0.2) is 16.7 Å². The van der Waals surface area contributed by atoms with E-state index in [2.05, 4.69) is 4.98 Å². The van der Waals surface area contributed by atoms with Crippen LogP contribution in [0.25, 0.3) is 0 Å². The lowest BCUT2D eigenvalue weighted by atomic mass is 9.84. The fourth-order valence-corrected chi connectivity index (χ4v) is 2.43. The highest BCUT2D eigenvalue weighted by atomic mass is 16.5. The number of rotatable bonds is 1. The van der Waals surface area contributed by atoms with Gasteiger partial charge >= 0.3 is 0 Å². The van der Waals surface area contributed by atoms with E-state index >= 15 is 0 Å². The fraction of sp³-hybridized carbons (Fsp3) is 0.267. The van der Waals surface area contributed by atoms with Gasteiger partial charge in [0.15, 0.2) is 0 Å². The third-order valence-corrected chi connectivity index (χ3v) is 3.38. The molecule has 0 spiro atoms. The highest BCUT2D eigenvalue weighted by Crippen LogP contribution is 2.40. The Morgan fingerprint density at radius 1 is 1.28 bits per heavy atom. The van der Waals surface area contributed by atoms with Gasteiger partial charge in [0.05, 0.1) is 6.61 Å². The van der Waals surface area contributed by atoms with Gasteiger partial charge in [-0.25, -0.2) is 0 Å². The number of aryl methyl sites for hydroxylation is 1. The largest absolute Gasteiger partial charge is 0.491 e. The monoisotopic (exact) mass is 241 g/mol. The second-order valence-electron chi connectivity index (χ2n) is 4.68. The van der Waals surface area contributed by atoms with Gasteiger partial charge in [0.25, 0.3) is 0 Å². The number of pyridine rings is 1.